The predicted molar refractivity (Wildman–Crippen MR) is 55.5 cm³/mol. The van der Waals surface area contributed by atoms with Crippen molar-refractivity contribution >= 4 is 5.91 Å². The molecule has 13 heavy (non-hydrogen) atoms. The summed E-state index contributed by atoms with van der Waals surface area (Å²) in [6.45, 7) is 6.42. The van der Waals surface area contributed by atoms with Crippen LogP contribution in [0.1, 0.15) is 39.5 Å². The predicted octanol–water partition coefficient (Wildman–Crippen LogP) is 1.37. The minimum absolute atomic E-state index is 0.280. The summed E-state index contributed by atoms with van der Waals surface area (Å²) in [5, 5.41) is 0. The Kier molecular flexibility index (Phi) is 7.69. The quantitative estimate of drug-likeness (QED) is 0.610. The van der Waals surface area contributed by atoms with E-state index < -0.39 is 0 Å². The standard InChI is InChI=1S/C10H22N2O/c1-3-12(4-2)10(13)8-6-5-7-9-11/h3-9,11H2,1-2H3. The normalized spacial score (nSPS) is 10.1. The second kappa shape index (κ2) is 8.05. The highest BCUT2D eigenvalue weighted by atomic mass is 16.2. The average molecular weight is 186 g/mol. The molecule has 0 rings (SSSR count). The molecule has 3 heteroatoms. The van der Waals surface area contributed by atoms with E-state index in [1.807, 2.05) is 18.7 Å². The summed E-state index contributed by atoms with van der Waals surface area (Å²) in [5.41, 5.74) is 5.36. The molecular formula is C10H22N2O. The lowest BCUT2D eigenvalue weighted by Gasteiger charge is -2.18. The third-order valence-corrected chi connectivity index (χ3v) is 2.21. The van der Waals surface area contributed by atoms with Crippen LogP contribution in [0.2, 0.25) is 0 Å². The Morgan fingerprint density at radius 1 is 1.15 bits per heavy atom. The molecule has 0 unspecified atom stereocenters. The number of nitrogens with zero attached hydrogens (tertiary/aromatic N) is 1. The molecule has 3 nitrogen and oxygen atoms in total. The van der Waals surface area contributed by atoms with Crippen molar-refractivity contribution in [1.82, 2.24) is 4.90 Å². The molecule has 0 aromatic rings. The van der Waals surface area contributed by atoms with E-state index in [0.29, 0.717) is 6.42 Å². The van der Waals surface area contributed by atoms with Crippen LogP contribution in [0.3, 0.4) is 0 Å². The Hall–Kier alpha value is -0.570. The smallest absolute Gasteiger partial charge is 0.222 e. The molecule has 0 aliphatic carbocycles. The van der Waals surface area contributed by atoms with E-state index in [4.69, 9.17) is 5.73 Å². The van der Waals surface area contributed by atoms with Crippen LogP contribution in [-0.4, -0.2) is 30.4 Å². The van der Waals surface area contributed by atoms with Crippen molar-refractivity contribution in [3.8, 4) is 0 Å². The minimum Gasteiger partial charge on any atom is -0.343 e. The highest BCUT2D eigenvalue weighted by Gasteiger charge is 2.07. The first-order valence-corrected chi connectivity index (χ1v) is 5.24. The number of hydrogen-bond acceptors (Lipinski definition) is 2. The molecule has 0 spiro atoms. The van der Waals surface area contributed by atoms with Crippen LogP contribution in [0, 0.1) is 0 Å². The zero-order valence-electron chi connectivity index (χ0n) is 8.88. The summed E-state index contributed by atoms with van der Waals surface area (Å²) in [6, 6.07) is 0. The van der Waals surface area contributed by atoms with Gasteiger partial charge in [0.2, 0.25) is 5.91 Å². The summed E-state index contributed by atoms with van der Waals surface area (Å²) in [6.07, 6.45) is 3.77. The molecule has 0 saturated carbocycles. The summed E-state index contributed by atoms with van der Waals surface area (Å²) in [7, 11) is 0. The zero-order chi connectivity index (χ0) is 10.1. The van der Waals surface area contributed by atoms with Gasteiger partial charge in [-0.2, -0.15) is 0 Å². The molecule has 0 aromatic heterocycles. The number of carbonyl (C=O) groups is 1. The lowest BCUT2D eigenvalue weighted by molar-refractivity contribution is -0.130. The van der Waals surface area contributed by atoms with E-state index in [9.17, 15) is 4.79 Å². The molecular weight excluding hydrogens is 164 g/mol. The largest absolute Gasteiger partial charge is 0.343 e. The molecule has 0 heterocycles. The van der Waals surface area contributed by atoms with Crippen molar-refractivity contribution in [1.29, 1.82) is 0 Å². The monoisotopic (exact) mass is 186 g/mol. The molecule has 0 aromatic carbocycles. The molecule has 1 amide bonds. The molecule has 0 aliphatic rings. The maximum Gasteiger partial charge on any atom is 0.222 e. The van der Waals surface area contributed by atoms with Gasteiger partial charge in [-0.3, -0.25) is 4.79 Å². The van der Waals surface area contributed by atoms with Crippen molar-refractivity contribution in [2.24, 2.45) is 5.73 Å². The summed E-state index contributed by atoms with van der Waals surface area (Å²) in [4.78, 5) is 13.3. The van der Waals surface area contributed by atoms with E-state index in [1.165, 1.54) is 0 Å². The second-order valence-electron chi connectivity index (χ2n) is 3.17. The van der Waals surface area contributed by atoms with Crippen molar-refractivity contribution < 1.29 is 4.79 Å². The number of rotatable bonds is 7. The third-order valence-electron chi connectivity index (χ3n) is 2.21. The lowest BCUT2D eigenvalue weighted by Crippen LogP contribution is -2.30. The topological polar surface area (TPSA) is 46.3 Å². The van der Waals surface area contributed by atoms with Crippen LogP contribution in [0.25, 0.3) is 0 Å². The Morgan fingerprint density at radius 3 is 2.23 bits per heavy atom. The van der Waals surface area contributed by atoms with Crippen molar-refractivity contribution in [2.75, 3.05) is 19.6 Å². The number of hydrogen-bond donors (Lipinski definition) is 1. The van der Waals surface area contributed by atoms with Crippen LogP contribution in [0.15, 0.2) is 0 Å². The van der Waals surface area contributed by atoms with Gasteiger partial charge in [0.1, 0.15) is 0 Å². The Bertz CT molecular complexity index is 133. The molecule has 0 bridgehead atoms. The van der Waals surface area contributed by atoms with Gasteiger partial charge < -0.3 is 10.6 Å². The van der Waals surface area contributed by atoms with Crippen molar-refractivity contribution in [3.05, 3.63) is 0 Å². The van der Waals surface area contributed by atoms with Crippen molar-refractivity contribution in [3.63, 3.8) is 0 Å². The summed E-state index contributed by atoms with van der Waals surface area (Å²) < 4.78 is 0. The molecule has 0 saturated heterocycles. The molecule has 0 radical (unpaired) electrons. The fourth-order valence-corrected chi connectivity index (χ4v) is 1.33. The first-order chi connectivity index (χ1) is 6.26. The van der Waals surface area contributed by atoms with E-state index >= 15 is 0 Å². The fourth-order valence-electron chi connectivity index (χ4n) is 1.33. The van der Waals surface area contributed by atoms with E-state index in [-0.39, 0.29) is 5.91 Å². The molecule has 0 aliphatic heterocycles. The van der Waals surface area contributed by atoms with Crippen LogP contribution in [0.4, 0.5) is 0 Å². The van der Waals surface area contributed by atoms with Gasteiger partial charge in [0.05, 0.1) is 0 Å². The number of amides is 1. The van der Waals surface area contributed by atoms with Gasteiger partial charge in [-0.05, 0) is 33.2 Å². The summed E-state index contributed by atoms with van der Waals surface area (Å²) in [5.74, 6) is 0.280. The van der Waals surface area contributed by atoms with E-state index in [2.05, 4.69) is 0 Å². The van der Waals surface area contributed by atoms with E-state index in [1.54, 1.807) is 0 Å². The third kappa shape index (κ3) is 5.64. The maximum absolute atomic E-state index is 11.5. The summed E-state index contributed by atoms with van der Waals surface area (Å²) >= 11 is 0. The van der Waals surface area contributed by atoms with Crippen LogP contribution < -0.4 is 5.73 Å². The van der Waals surface area contributed by atoms with Crippen LogP contribution in [0.5, 0.6) is 0 Å². The van der Waals surface area contributed by atoms with Gasteiger partial charge in [-0.1, -0.05) is 6.42 Å². The maximum atomic E-state index is 11.5. The van der Waals surface area contributed by atoms with Gasteiger partial charge in [0.15, 0.2) is 0 Å². The lowest BCUT2D eigenvalue weighted by atomic mass is 10.2. The number of unbranched alkanes of at least 4 members (excludes halogenated alkanes) is 2. The average Bonchev–Trinajstić information content (AvgIpc) is 2.14. The SMILES string of the molecule is CCN(CC)C(=O)CCCCCN. The Labute approximate surface area is 81.3 Å². The first kappa shape index (κ1) is 12.4. The number of nitrogens with two attached hydrogens (primary N) is 1. The highest BCUT2D eigenvalue weighted by Crippen LogP contribution is 2.02. The van der Waals surface area contributed by atoms with Gasteiger partial charge >= 0.3 is 0 Å². The van der Waals surface area contributed by atoms with Gasteiger partial charge in [0.25, 0.3) is 0 Å². The van der Waals surface area contributed by atoms with Crippen molar-refractivity contribution in [2.45, 2.75) is 39.5 Å². The van der Waals surface area contributed by atoms with Crippen LogP contribution in [-0.2, 0) is 4.79 Å². The first-order valence-electron chi connectivity index (χ1n) is 5.24. The van der Waals surface area contributed by atoms with Gasteiger partial charge in [-0.15, -0.1) is 0 Å². The molecule has 2 N–H and O–H groups in total. The van der Waals surface area contributed by atoms with Crippen LogP contribution >= 0.6 is 0 Å². The molecule has 0 atom stereocenters. The second-order valence-corrected chi connectivity index (χ2v) is 3.17. The number of carbonyl (C=O) groups excluding carboxylic acids is 1. The Morgan fingerprint density at radius 2 is 1.77 bits per heavy atom. The minimum atomic E-state index is 0.280. The van der Waals surface area contributed by atoms with Gasteiger partial charge in [0, 0.05) is 19.5 Å². The molecule has 78 valence electrons. The van der Waals surface area contributed by atoms with Gasteiger partial charge in [-0.25, -0.2) is 0 Å². The highest BCUT2D eigenvalue weighted by molar-refractivity contribution is 5.75. The van der Waals surface area contributed by atoms with E-state index in [0.717, 1.165) is 38.9 Å². The Balaban J connectivity index is 3.48. The fraction of sp³-hybridized carbons (Fsp3) is 0.900. The zero-order valence-corrected chi connectivity index (χ0v) is 8.88. The molecule has 0 fully saturated rings.